The van der Waals surface area contributed by atoms with Crippen molar-refractivity contribution in [3.8, 4) is 5.75 Å². The molecule has 0 aliphatic carbocycles. The average molecular weight is 286 g/mol. The lowest BCUT2D eigenvalue weighted by molar-refractivity contribution is 0.386. The molecule has 1 unspecified atom stereocenters. The maximum atomic E-state index is 13.7. The molecule has 1 aliphatic heterocycles. The number of methoxy groups -OCH3 is 1. The smallest absolute Gasteiger partial charge is 0.167 e. The Morgan fingerprint density at radius 1 is 1.24 bits per heavy atom. The van der Waals surface area contributed by atoms with Crippen LogP contribution in [0.15, 0.2) is 42.5 Å². The fourth-order valence-corrected chi connectivity index (χ4v) is 3.04. The number of benzene rings is 2. The molecule has 0 spiro atoms. The number of nitrogen functional groups attached to an aromatic ring is 1. The average Bonchev–Trinajstić information content (AvgIpc) is 2.97. The summed E-state index contributed by atoms with van der Waals surface area (Å²) in [6.07, 6.45) is 2.17. The molecule has 3 rings (SSSR count). The molecule has 1 fully saturated rings. The summed E-state index contributed by atoms with van der Waals surface area (Å²) in [5.74, 6) is -0.188. The first-order valence-electron chi connectivity index (χ1n) is 7.15. The first-order chi connectivity index (χ1) is 10.2. The molecule has 2 aromatic carbocycles. The van der Waals surface area contributed by atoms with Gasteiger partial charge in [-0.05, 0) is 18.4 Å². The number of hydrogen-bond acceptors (Lipinski definition) is 3. The minimum atomic E-state index is -0.422. The third kappa shape index (κ3) is 2.53. The van der Waals surface area contributed by atoms with E-state index in [9.17, 15) is 4.39 Å². The highest BCUT2D eigenvalue weighted by Crippen LogP contribution is 2.40. The maximum Gasteiger partial charge on any atom is 0.167 e. The van der Waals surface area contributed by atoms with Crippen LogP contribution in [0.4, 0.5) is 15.8 Å². The monoisotopic (exact) mass is 286 g/mol. The normalized spacial score (nSPS) is 18.0. The second kappa shape index (κ2) is 5.64. The Balaban J connectivity index is 1.99. The Labute approximate surface area is 124 Å². The van der Waals surface area contributed by atoms with Crippen LogP contribution in [-0.4, -0.2) is 13.7 Å². The highest BCUT2D eigenvalue weighted by Gasteiger charge is 2.28. The van der Waals surface area contributed by atoms with E-state index < -0.39 is 5.82 Å². The molecular formula is C17H19FN2O. The summed E-state index contributed by atoms with van der Waals surface area (Å²) in [6, 6.07) is 13.7. The van der Waals surface area contributed by atoms with Gasteiger partial charge in [0.15, 0.2) is 11.6 Å². The SMILES string of the molecule is COc1cc(N2CCCC2c2ccccc2)c(N)cc1F. The molecule has 0 amide bonds. The number of halogens is 1. The zero-order chi connectivity index (χ0) is 14.8. The molecule has 0 bridgehead atoms. The minimum Gasteiger partial charge on any atom is -0.494 e. The molecule has 110 valence electrons. The van der Waals surface area contributed by atoms with E-state index in [2.05, 4.69) is 17.0 Å². The summed E-state index contributed by atoms with van der Waals surface area (Å²) in [5, 5.41) is 0. The van der Waals surface area contributed by atoms with Crippen molar-refractivity contribution in [3.63, 3.8) is 0 Å². The molecule has 1 heterocycles. The molecule has 2 N–H and O–H groups in total. The molecule has 1 saturated heterocycles. The van der Waals surface area contributed by atoms with Crippen molar-refractivity contribution in [2.24, 2.45) is 0 Å². The summed E-state index contributed by atoms with van der Waals surface area (Å²) < 4.78 is 18.8. The van der Waals surface area contributed by atoms with Crippen LogP contribution in [0.5, 0.6) is 5.75 Å². The number of ether oxygens (including phenoxy) is 1. The van der Waals surface area contributed by atoms with E-state index in [1.165, 1.54) is 18.7 Å². The number of anilines is 2. The maximum absolute atomic E-state index is 13.7. The lowest BCUT2D eigenvalue weighted by atomic mass is 10.0. The zero-order valence-electron chi connectivity index (χ0n) is 12.1. The summed E-state index contributed by atoms with van der Waals surface area (Å²) in [6.45, 7) is 0.915. The minimum absolute atomic E-state index is 0.234. The Hall–Kier alpha value is -2.23. The Morgan fingerprint density at radius 2 is 2.00 bits per heavy atom. The summed E-state index contributed by atoms with van der Waals surface area (Å²) >= 11 is 0. The van der Waals surface area contributed by atoms with Crippen LogP contribution in [0.3, 0.4) is 0 Å². The van der Waals surface area contributed by atoms with Crippen LogP contribution in [0.2, 0.25) is 0 Å². The second-order valence-electron chi connectivity index (χ2n) is 5.31. The fourth-order valence-electron chi connectivity index (χ4n) is 3.04. The van der Waals surface area contributed by atoms with E-state index in [1.807, 2.05) is 18.2 Å². The van der Waals surface area contributed by atoms with Crippen LogP contribution in [0.1, 0.15) is 24.4 Å². The van der Waals surface area contributed by atoms with Crippen LogP contribution >= 0.6 is 0 Å². The quantitative estimate of drug-likeness (QED) is 0.873. The number of rotatable bonds is 3. The Kier molecular flexibility index (Phi) is 3.69. The van der Waals surface area contributed by atoms with Gasteiger partial charge < -0.3 is 15.4 Å². The predicted molar refractivity (Wildman–Crippen MR) is 83.1 cm³/mol. The third-order valence-corrected chi connectivity index (χ3v) is 4.05. The number of hydrogen-bond donors (Lipinski definition) is 1. The third-order valence-electron chi connectivity index (χ3n) is 4.05. The molecule has 4 heteroatoms. The van der Waals surface area contributed by atoms with Gasteiger partial charge in [-0.2, -0.15) is 0 Å². The lowest BCUT2D eigenvalue weighted by Crippen LogP contribution is -2.23. The van der Waals surface area contributed by atoms with Gasteiger partial charge in [0.25, 0.3) is 0 Å². The van der Waals surface area contributed by atoms with Gasteiger partial charge >= 0.3 is 0 Å². The van der Waals surface area contributed by atoms with Gasteiger partial charge in [0.05, 0.1) is 24.5 Å². The molecular weight excluding hydrogens is 267 g/mol. The molecule has 0 saturated carbocycles. The molecule has 3 nitrogen and oxygen atoms in total. The Morgan fingerprint density at radius 3 is 2.71 bits per heavy atom. The van der Waals surface area contributed by atoms with Crippen molar-refractivity contribution in [1.29, 1.82) is 0 Å². The van der Waals surface area contributed by atoms with Crippen molar-refractivity contribution >= 4 is 11.4 Å². The van der Waals surface area contributed by atoms with Gasteiger partial charge in [-0.15, -0.1) is 0 Å². The number of nitrogens with two attached hydrogens (primary N) is 1. The topological polar surface area (TPSA) is 38.5 Å². The molecule has 21 heavy (non-hydrogen) atoms. The van der Waals surface area contributed by atoms with Crippen molar-refractivity contribution in [3.05, 3.63) is 53.8 Å². The van der Waals surface area contributed by atoms with E-state index in [0.29, 0.717) is 5.69 Å². The second-order valence-corrected chi connectivity index (χ2v) is 5.31. The Bertz CT molecular complexity index is 630. The van der Waals surface area contributed by atoms with Crippen molar-refractivity contribution < 1.29 is 9.13 Å². The van der Waals surface area contributed by atoms with Gasteiger partial charge in [-0.3, -0.25) is 0 Å². The molecule has 1 atom stereocenters. The predicted octanol–water partition coefficient (Wildman–Crippen LogP) is 3.76. The van der Waals surface area contributed by atoms with Crippen LogP contribution in [-0.2, 0) is 0 Å². The molecule has 0 aromatic heterocycles. The standard InChI is InChI=1S/C17H19FN2O/c1-21-17-11-16(14(19)10-13(17)18)20-9-5-8-15(20)12-6-3-2-4-7-12/h2-4,6-7,10-11,15H,5,8-9,19H2,1H3. The van der Waals surface area contributed by atoms with E-state index in [1.54, 1.807) is 6.07 Å². The summed E-state index contributed by atoms with van der Waals surface area (Å²) in [5.41, 5.74) is 8.59. The first-order valence-corrected chi connectivity index (χ1v) is 7.15. The summed E-state index contributed by atoms with van der Waals surface area (Å²) in [7, 11) is 1.47. The molecule has 1 aliphatic rings. The van der Waals surface area contributed by atoms with Crippen molar-refractivity contribution in [2.75, 3.05) is 24.3 Å². The van der Waals surface area contributed by atoms with Gasteiger partial charge in [0, 0.05) is 18.7 Å². The molecule has 2 aromatic rings. The van der Waals surface area contributed by atoms with Crippen LogP contribution in [0, 0.1) is 5.82 Å². The van der Waals surface area contributed by atoms with E-state index in [4.69, 9.17) is 10.5 Å². The van der Waals surface area contributed by atoms with Gasteiger partial charge in [0.1, 0.15) is 0 Å². The van der Waals surface area contributed by atoms with Gasteiger partial charge in [-0.1, -0.05) is 30.3 Å². The van der Waals surface area contributed by atoms with E-state index in [0.717, 1.165) is 25.1 Å². The largest absolute Gasteiger partial charge is 0.494 e. The highest BCUT2D eigenvalue weighted by molar-refractivity contribution is 5.71. The summed E-state index contributed by atoms with van der Waals surface area (Å²) in [4.78, 5) is 2.24. The van der Waals surface area contributed by atoms with Crippen LogP contribution in [0.25, 0.3) is 0 Å². The fraction of sp³-hybridized carbons (Fsp3) is 0.294. The van der Waals surface area contributed by atoms with E-state index >= 15 is 0 Å². The molecule has 0 radical (unpaired) electrons. The van der Waals surface area contributed by atoms with Crippen LogP contribution < -0.4 is 15.4 Å². The highest BCUT2D eigenvalue weighted by atomic mass is 19.1. The zero-order valence-corrected chi connectivity index (χ0v) is 12.1. The first kappa shape index (κ1) is 13.7. The van der Waals surface area contributed by atoms with E-state index in [-0.39, 0.29) is 11.8 Å². The number of nitrogens with zero attached hydrogens (tertiary/aromatic N) is 1. The van der Waals surface area contributed by atoms with Crippen molar-refractivity contribution in [1.82, 2.24) is 0 Å². The van der Waals surface area contributed by atoms with Gasteiger partial charge in [-0.25, -0.2) is 4.39 Å². The lowest BCUT2D eigenvalue weighted by Gasteiger charge is -2.28. The van der Waals surface area contributed by atoms with Gasteiger partial charge in [0.2, 0.25) is 0 Å². The van der Waals surface area contributed by atoms with Crippen molar-refractivity contribution in [2.45, 2.75) is 18.9 Å².